The van der Waals surface area contributed by atoms with E-state index in [1.807, 2.05) is 41.9 Å². The SMILES string of the molecule is CNc1nc2sc(C(=O)NCc3ccccc3)nc2c2c1ncn2C. The van der Waals surface area contributed by atoms with Crippen molar-refractivity contribution in [3.05, 3.63) is 47.2 Å². The molecule has 0 radical (unpaired) electrons. The fourth-order valence-electron chi connectivity index (χ4n) is 2.70. The molecule has 25 heavy (non-hydrogen) atoms. The Morgan fingerprint density at radius 2 is 2.00 bits per heavy atom. The molecule has 0 saturated carbocycles. The van der Waals surface area contributed by atoms with Gasteiger partial charge in [0.05, 0.1) is 6.33 Å². The molecule has 1 aromatic carbocycles. The van der Waals surface area contributed by atoms with Crippen molar-refractivity contribution in [1.82, 2.24) is 24.8 Å². The van der Waals surface area contributed by atoms with Crippen molar-refractivity contribution in [2.24, 2.45) is 7.05 Å². The molecular formula is C17H16N6OS. The van der Waals surface area contributed by atoms with Gasteiger partial charge in [0.15, 0.2) is 10.8 Å². The number of nitrogens with zero attached hydrogens (tertiary/aromatic N) is 4. The Labute approximate surface area is 147 Å². The van der Waals surface area contributed by atoms with Crippen molar-refractivity contribution in [3.63, 3.8) is 0 Å². The van der Waals surface area contributed by atoms with Crippen molar-refractivity contribution in [3.8, 4) is 0 Å². The third-order valence-electron chi connectivity index (χ3n) is 3.94. The number of fused-ring (bicyclic) bond motifs is 3. The van der Waals surface area contributed by atoms with Crippen LogP contribution >= 0.6 is 11.3 Å². The summed E-state index contributed by atoms with van der Waals surface area (Å²) in [6, 6.07) is 9.78. The normalized spacial score (nSPS) is 11.1. The van der Waals surface area contributed by atoms with Crippen LogP contribution in [0.1, 0.15) is 15.4 Å². The van der Waals surface area contributed by atoms with Crippen LogP contribution in [0.25, 0.3) is 21.4 Å². The number of aryl methyl sites for hydroxylation is 1. The van der Waals surface area contributed by atoms with Crippen LogP contribution < -0.4 is 10.6 Å². The summed E-state index contributed by atoms with van der Waals surface area (Å²) in [6.45, 7) is 0.464. The van der Waals surface area contributed by atoms with E-state index in [1.165, 1.54) is 11.3 Å². The highest BCUT2D eigenvalue weighted by Crippen LogP contribution is 2.30. The van der Waals surface area contributed by atoms with Gasteiger partial charge in [0.2, 0.25) is 0 Å². The maximum Gasteiger partial charge on any atom is 0.280 e. The van der Waals surface area contributed by atoms with Gasteiger partial charge in [-0.25, -0.2) is 15.0 Å². The number of imidazole rings is 1. The molecule has 126 valence electrons. The van der Waals surface area contributed by atoms with Crippen molar-refractivity contribution >= 4 is 44.4 Å². The number of carbonyl (C=O) groups excluding carboxylic acids is 1. The van der Waals surface area contributed by atoms with E-state index in [4.69, 9.17) is 0 Å². The molecule has 0 aliphatic heterocycles. The Balaban J connectivity index is 1.70. The van der Waals surface area contributed by atoms with Crippen molar-refractivity contribution in [2.45, 2.75) is 6.54 Å². The number of rotatable bonds is 4. The molecule has 3 heterocycles. The molecule has 0 unspecified atom stereocenters. The Hall–Kier alpha value is -3.00. The Morgan fingerprint density at radius 3 is 2.76 bits per heavy atom. The largest absolute Gasteiger partial charge is 0.371 e. The van der Waals surface area contributed by atoms with Crippen molar-refractivity contribution < 1.29 is 4.79 Å². The minimum Gasteiger partial charge on any atom is -0.371 e. The first-order valence-corrected chi connectivity index (χ1v) is 8.60. The molecule has 0 bridgehead atoms. The standard InChI is InChI=1S/C17H16N6OS/c1-18-14-11-13(23(2)9-20-11)12-16(22-14)25-17(21-12)15(24)19-8-10-6-4-3-5-7-10/h3-7,9H,8H2,1-2H3,(H,18,22)(H,19,24). The summed E-state index contributed by atoms with van der Waals surface area (Å²) in [5.74, 6) is 0.483. The Kier molecular flexibility index (Phi) is 3.81. The van der Waals surface area contributed by atoms with E-state index >= 15 is 0 Å². The van der Waals surface area contributed by atoms with Gasteiger partial charge in [0.25, 0.3) is 5.91 Å². The monoisotopic (exact) mass is 352 g/mol. The summed E-state index contributed by atoms with van der Waals surface area (Å²) >= 11 is 1.28. The van der Waals surface area contributed by atoms with Crippen LogP contribution in [0.4, 0.5) is 5.82 Å². The van der Waals surface area contributed by atoms with Crippen LogP contribution in [0, 0.1) is 0 Å². The lowest BCUT2D eigenvalue weighted by atomic mass is 10.2. The predicted molar refractivity (Wildman–Crippen MR) is 98.8 cm³/mol. The van der Waals surface area contributed by atoms with E-state index in [1.54, 1.807) is 13.4 Å². The maximum absolute atomic E-state index is 12.5. The highest BCUT2D eigenvalue weighted by atomic mass is 32.1. The zero-order valence-electron chi connectivity index (χ0n) is 13.8. The second-order valence-electron chi connectivity index (χ2n) is 5.60. The number of hydrogen-bond acceptors (Lipinski definition) is 6. The lowest BCUT2D eigenvalue weighted by Gasteiger charge is -2.02. The quantitative estimate of drug-likeness (QED) is 0.590. The van der Waals surface area contributed by atoms with Gasteiger partial charge >= 0.3 is 0 Å². The number of benzene rings is 1. The molecule has 4 rings (SSSR count). The number of hydrogen-bond donors (Lipinski definition) is 2. The number of amides is 1. The second-order valence-corrected chi connectivity index (χ2v) is 6.58. The number of anilines is 1. The summed E-state index contributed by atoms with van der Waals surface area (Å²) in [7, 11) is 3.71. The zero-order chi connectivity index (χ0) is 17.4. The Bertz CT molecular complexity index is 1070. The highest BCUT2D eigenvalue weighted by molar-refractivity contribution is 7.20. The average molecular weight is 352 g/mol. The van der Waals surface area contributed by atoms with Crippen LogP contribution in [-0.4, -0.2) is 32.5 Å². The minimum atomic E-state index is -0.201. The highest BCUT2D eigenvalue weighted by Gasteiger charge is 2.19. The fourth-order valence-corrected chi connectivity index (χ4v) is 3.57. The molecule has 3 aromatic heterocycles. The zero-order valence-corrected chi connectivity index (χ0v) is 14.6. The first kappa shape index (κ1) is 15.5. The predicted octanol–water partition coefficient (Wildman–Crippen LogP) is 2.55. The number of thiazole rings is 1. The van der Waals surface area contributed by atoms with Gasteiger partial charge in [-0.15, -0.1) is 0 Å². The molecule has 4 aromatic rings. The molecule has 7 nitrogen and oxygen atoms in total. The molecule has 0 aliphatic rings. The number of carbonyl (C=O) groups is 1. The fraction of sp³-hybridized carbons (Fsp3) is 0.176. The van der Waals surface area contributed by atoms with Crippen LogP contribution in [-0.2, 0) is 13.6 Å². The van der Waals surface area contributed by atoms with Gasteiger partial charge in [-0.05, 0) is 5.56 Å². The molecular weight excluding hydrogens is 336 g/mol. The molecule has 0 aliphatic carbocycles. The minimum absolute atomic E-state index is 0.201. The molecule has 2 N–H and O–H groups in total. The second kappa shape index (κ2) is 6.14. The average Bonchev–Trinajstić information content (AvgIpc) is 3.23. The molecule has 1 amide bonds. The first-order chi connectivity index (χ1) is 12.2. The van der Waals surface area contributed by atoms with E-state index in [2.05, 4.69) is 25.6 Å². The van der Waals surface area contributed by atoms with Crippen LogP contribution in [0.15, 0.2) is 36.7 Å². The molecule has 8 heteroatoms. The summed E-state index contributed by atoms with van der Waals surface area (Å²) in [6.07, 6.45) is 1.72. The van der Waals surface area contributed by atoms with Crippen LogP contribution in [0.2, 0.25) is 0 Å². The molecule has 0 spiro atoms. The third kappa shape index (κ3) is 2.70. The van der Waals surface area contributed by atoms with E-state index in [-0.39, 0.29) is 5.91 Å². The number of aromatic nitrogens is 4. The maximum atomic E-state index is 12.5. The van der Waals surface area contributed by atoms with Gasteiger partial charge in [0, 0.05) is 20.6 Å². The van der Waals surface area contributed by atoms with Gasteiger partial charge in [-0.1, -0.05) is 41.7 Å². The smallest absolute Gasteiger partial charge is 0.280 e. The van der Waals surface area contributed by atoms with Gasteiger partial charge in [-0.2, -0.15) is 0 Å². The van der Waals surface area contributed by atoms with E-state index in [9.17, 15) is 4.79 Å². The van der Waals surface area contributed by atoms with Gasteiger partial charge < -0.3 is 15.2 Å². The third-order valence-corrected chi connectivity index (χ3v) is 4.88. The summed E-state index contributed by atoms with van der Waals surface area (Å²) in [5.41, 5.74) is 3.36. The Morgan fingerprint density at radius 1 is 1.20 bits per heavy atom. The van der Waals surface area contributed by atoms with Crippen LogP contribution in [0.3, 0.4) is 0 Å². The van der Waals surface area contributed by atoms with Crippen LogP contribution in [0.5, 0.6) is 0 Å². The number of nitrogens with one attached hydrogen (secondary N) is 2. The van der Waals surface area contributed by atoms with Crippen molar-refractivity contribution in [1.29, 1.82) is 0 Å². The topological polar surface area (TPSA) is 84.7 Å². The summed E-state index contributed by atoms with van der Waals surface area (Å²) in [5, 5.41) is 6.35. The number of pyridine rings is 1. The van der Waals surface area contributed by atoms with E-state index in [0.29, 0.717) is 27.7 Å². The van der Waals surface area contributed by atoms with E-state index in [0.717, 1.165) is 16.6 Å². The first-order valence-electron chi connectivity index (χ1n) is 7.79. The van der Waals surface area contributed by atoms with Crippen molar-refractivity contribution in [2.75, 3.05) is 12.4 Å². The molecule has 0 saturated heterocycles. The lowest BCUT2D eigenvalue weighted by molar-refractivity contribution is 0.0951. The molecule has 0 fully saturated rings. The summed E-state index contributed by atoms with van der Waals surface area (Å²) < 4.78 is 1.89. The van der Waals surface area contributed by atoms with Gasteiger partial charge in [-0.3, -0.25) is 4.79 Å². The molecule has 0 atom stereocenters. The summed E-state index contributed by atoms with van der Waals surface area (Å²) in [4.78, 5) is 26.6. The van der Waals surface area contributed by atoms with E-state index < -0.39 is 0 Å². The lowest BCUT2D eigenvalue weighted by Crippen LogP contribution is -2.22. The van der Waals surface area contributed by atoms with Gasteiger partial charge in [0.1, 0.15) is 21.4 Å².